The molecule has 5 nitrogen and oxygen atoms in total. The van der Waals surface area contributed by atoms with Gasteiger partial charge in [0.05, 0.1) is 33.3 Å². The molecule has 0 aliphatic carbocycles. The van der Waals surface area contributed by atoms with E-state index in [0.717, 1.165) is 73.1 Å². The Hall–Kier alpha value is -7.44. The zero-order valence-electron chi connectivity index (χ0n) is 30.1. The largest absolute Gasteiger partial charge is 0.458 e. The molecule has 0 unspecified atom stereocenters. The summed E-state index contributed by atoms with van der Waals surface area (Å²) in [6.45, 7) is -0.0699. The third-order valence-electron chi connectivity index (χ3n) is 12.0. The molecule has 260 valence electrons. The molecule has 6 heteroatoms. The van der Waals surface area contributed by atoms with Gasteiger partial charge >= 0.3 is 0 Å². The second-order valence-electron chi connectivity index (χ2n) is 14.8. The molecule has 0 spiro atoms. The normalized spacial score (nSPS) is 12.9. The van der Waals surface area contributed by atoms with Gasteiger partial charge in [0.1, 0.15) is 17.2 Å². The van der Waals surface area contributed by atoms with Crippen LogP contribution in [0, 0.1) is 0 Å². The fourth-order valence-corrected chi connectivity index (χ4v) is 9.77. The highest BCUT2D eigenvalue weighted by atomic mass is 16.5. The van der Waals surface area contributed by atoms with Crippen molar-refractivity contribution < 1.29 is 9.47 Å². The van der Waals surface area contributed by atoms with Crippen LogP contribution in [0.25, 0.3) is 71.6 Å². The van der Waals surface area contributed by atoms with Gasteiger partial charge in [-0.15, -0.1) is 0 Å². The van der Waals surface area contributed by atoms with Gasteiger partial charge in [-0.1, -0.05) is 109 Å². The van der Waals surface area contributed by atoms with Gasteiger partial charge in [0.2, 0.25) is 5.88 Å². The number of nitrogens with zero attached hydrogens (tertiary/aromatic N) is 3. The van der Waals surface area contributed by atoms with Crippen molar-refractivity contribution in [2.45, 2.75) is 0 Å². The molecule has 0 atom stereocenters. The van der Waals surface area contributed by atoms with Crippen LogP contribution < -0.4 is 25.9 Å². The lowest BCUT2D eigenvalue weighted by molar-refractivity contribution is 0.447. The molecule has 0 radical (unpaired) electrons. The summed E-state index contributed by atoms with van der Waals surface area (Å²) in [6, 6.07) is 64.9. The van der Waals surface area contributed by atoms with Crippen LogP contribution in [0.4, 0.5) is 0 Å². The number of hydrogen-bond acceptors (Lipinski definition) is 2. The van der Waals surface area contributed by atoms with Gasteiger partial charge in [0, 0.05) is 56.0 Å². The molecule has 0 saturated heterocycles. The molecular weight excluding hydrogens is 685 g/mol. The maximum absolute atomic E-state index is 7.22. The monoisotopic (exact) mass is 715 g/mol. The Kier molecular flexibility index (Phi) is 5.92. The van der Waals surface area contributed by atoms with E-state index in [9.17, 15) is 0 Å². The van der Waals surface area contributed by atoms with Crippen molar-refractivity contribution in [3.8, 4) is 40.2 Å². The first kappa shape index (κ1) is 30.0. The van der Waals surface area contributed by atoms with E-state index in [1.807, 2.05) is 0 Å². The van der Waals surface area contributed by atoms with Crippen LogP contribution in [0.2, 0.25) is 0 Å². The van der Waals surface area contributed by atoms with Crippen molar-refractivity contribution in [2.75, 3.05) is 0 Å². The van der Waals surface area contributed by atoms with Gasteiger partial charge in [-0.25, -0.2) is 0 Å². The van der Waals surface area contributed by atoms with Crippen molar-refractivity contribution in [3.05, 3.63) is 182 Å². The molecule has 2 aliphatic heterocycles. The molecule has 0 bridgehead atoms. The van der Waals surface area contributed by atoms with Crippen LogP contribution in [0.1, 0.15) is 0 Å². The zero-order chi connectivity index (χ0) is 36.5. The van der Waals surface area contributed by atoms with Crippen molar-refractivity contribution >= 4 is 77.6 Å². The Labute approximate surface area is 321 Å². The first-order valence-corrected chi connectivity index (χ1v) is 19.1. The lowest BCUT2D eigenvalue weighted by Gasteiger charge is -2.32. The summed E-state index contributed by atoms with van der Waals surface area (Å²) in [4.78, 5) is 0. The molecular formula is C50H30BN3O2. The summed E-state index contributed by atoms with van der Waals surface area (Å²) >= 11 is 0. The number of aromatic nitrogens is 3. The molecule has 0 N–H and O–H groups in total. The fourth-order valence-electron chi connectivity index (χ4n) is 9.77. The number of para-hydroxylation sites is 6. The number of ether oxygens (including phenoxy) is 2. The van der Waals surface area contributed by atoms with Crippen LogP contribution >= 0.6 is 0 Å². The van der Waals surface area contributed by atoms with E-state index >= 15 is 0 Å². The quantitative estimate of drug-likeness (QED) is 0.171. The Morgan fingerprint density at radius 2 is 0.821 bits per heavy atom. The summed E-state index contributed by atoms with van der Waals surface area (Å²) in [5.74, 6) is 3.33. The molecule has 0 amide bonds. The first-order chi connectivity index (χ1) is 27.8. The van der Waals surface area contributed by atoms with E-state index < -0.39 is 0 Å². The third-order valence-corrected chi connectivity index (χ3v) is 12.0. The molecule has 3 aromatic heterocycles. The highest BCUT2D eigenvalue weighted by Gasteiger charge is 2.44. The minimum Gasteiger partial charge on any atom is -0.458 e. The standard InChI is InChI=1S/C50H30BN3O2/c1-3-15-31(16-4-1)52-38-23-11-7-19-34(38)46-41(52)27-28-42-47(46)35-20-8-12-24-39(35)53(42)33-29-44-49-45(30-33)56-50-48(51(49)37-22-10-14-26-43(37)55-44)36-21-9-13-25-40(36)54(50)32-17-5-2-6-18-32/h1-30H. The van der Waals surface area contributed by atoms with Gasteiger partial charge in [0.25, 0.3) is 6.71 Å². The van der Waals surface area contributed by atoms with Crippen LogP contribution in [-0.4, -0.2) is 20.4 Å². The zero-order valence-corrected chi connectivity index (χ0v) is 30.1. The molecule has 0 saturated carbocycles. The molecule has 0 fully saturated rings. The van der Waals surface area contributed by atoms with Gasteiger partial charge in [-0.2, -0.15) is 0 Å². The smallest absolute Gasteiger partial charge is 0.263 e. The van der Waals surface area contributed by atoms with Gasteiger partial charge < -0.3 is 18.6 Å². The van der Waals surface area contributed by atoms with Crippen LogP contribution in [0.3, 0.4) is 0 Å². The average molecular weight is 716 g/mol. The number of fused-ring (bicyclic) bond motifs is 13. The summed E-state index contributed by atoms with van der Waals surface area (Å²) < 4.78 is 21.2. The molecule has 2 aliphatic rings. The maximum Gasteiger partial charge on any atom is 0.263 e. The summed E-state index contributed by atoms with van der Waals surface area (Å²) in [5.41, 5.74) is 12.3. The maximum atomic E-state index is 7.22. The summed E-state index contributed by atoms with van der Waals surface area (Å²) in [5, 5.41) is 6.08. The van der Waals surface area contributed by atoms with Gasteiger partial charge in [-0.05, 0) is 71.5 Å². The van der Waals surface area contributed by atoms with Crippen LogP contribution in [-0.2, 0) is 0 Å². The predicted octanol–water partition coefficient (Wildman–Crippen LogP) is 10.6. The SMILES string of the molecule is c1ccc(-n2c3c(c4ccccc42)B2c4ccccc4Oc4cc(-n5c6ccccc6c6c7c8ccccc8n(-c8ccccc8)c7ccc65)cc(c42)O3)cc1. The number of hydrogen-bond donors (Lipinski definition) is 0. The van der Waals surface area contributed by atoms with Crippen LogP contribution in [0.5, 0.6) is 23.1 Å². The minimum absolute atomic E-state index is 0.0699. The first-order valence-electron chi connectivity index (χ1n) is 19.1. The van der Waals surface area contributed by atoms with E-state index in [1.165, 1.54) is 38.0 Å². The lowest BCUT2D eigenvalue weighted by atomic mass is 9.35. The number of benzene rings is 8. The van der Waals surface area contributed by atoms with E-state index in [0.29, 0.717) is 0 Å². The van der Waals surface area contributed by atoms with Gasteiger partial charge in [-0.3, -0.25) is 4.57 Å². The fraction of sp³-hybridized carbons (Fsp3) is 0. The molecule has 11 aromatic rings. The van der Waals surface area contributed by atoms with E-state index in [2.05, 4.69) is 196 Å². The molecule has 8 aromatic carbocycles. The van der Waals surface area contributed by atoms with Crippen LogP contribution in [0.15, 0.2) is 182 Å². The highest BCUT2D eigenvalue weighted by molar-refractivity contribution is 6.99. The predicted molar refractivity (Wildman–Crippen MR) is 230 cm³/mol. The topological polar surface area (TPSA) is 33.2 Å². The van der Waals surface area contributed by atoms with Crippen molar-refractivity contribution in [1.82, 2.24) is 13.7 Å². The second-order valence-corrected chi connectivity index (χ2v) is 14.8. The van der Waals surface area contributed by atoms with Crippen molar-refractivity contribution in [3.63, 3.8) is 0 Å². The van der Waals surface area contributed by atoms with Crippen molar-refractivity contribution in [2.24, 2.45) is 0 Å². The van der Waals surface area contributed by atoms with E-state index in [-0.39, 0.29) is 6.71 Å². The molecule has 56 heavy (non-hydrogen) atoms. The average Bonchev–Trinajstić information content (AvgIpc) is 3.89. The Morgan fingerprint density at radius 3 is 1.46 bits per heavy atom. The summed E-state index contributed by atoms with van der Waals surface area (Å²) in [7, 11) is 0. The Morgan fingerprint density at radius 1 is 0.339 bits per heavy atom. The minimum atomic E-state index is -0.0699. The number of rotatable bonds is 3. The molecule has 13 rings (SSSR count). The Balaban J connectivity index is 1.11. The summed E-state index contributed by atoms with van der Waals surface area (Å²) in [6.07, 6.45) is 0. The molecule has 5 heterocycles. The highest BCUT2D eigenvalue weighted by Crippen LogP contribution is 2.45. The van der Waals surface area contributed by atoms with E-state index in [1.54, 1.807) is 0 Å². The van der Waals surface area contributed by atoms with E-state index in [4.69, 9.17) is 9.47 Å². The Bertz CT molecular complexity index is 3430. The second kappa shape index (κ2) is 11.1. The van der Waals surface area contributed by atoms with Gasteiger partial charge in [0.15, 0.2) is 0 Å². The van der Waals surface area contributed by atoms with Crippen molar-refractivity contribution in [1.29, 1.82) is 0 Å². The lowest BCUT2D eigenvalue weighted by Crippen LogP contribution is -2.57. The third kappa shape index (κ3) is 3.89.